The number of carbonyl (C=O) groups excluding carboxylic acids is 1. The Hall–Kier alpha value is -1.55. The Labute approximate surface area is 81.1 Å². The summed E-state index contributed by atoms with van der Waals surface area (Å²) >= 11 is 0. The van der Waals surface area contributed by atoms with Crippen LogP contribution < -0.4 is 9.84 Å². The van der Waals surface area contributed by atoms with Crippen LogP contribution in [0.15, 0.2) is 24.3 Å². The van der Waals surface area contributed by atoms with Crippen LogP contribution in [-0.2, 0) is 9.53 Å². The second-order valence-electron chi connectivity index (χ2n) is 3.04. The molecule has 1 aliphatic heterocycles. The predicted octanol–water partition coefficient (Wildman–Crippen LogP) is -0.115. The first-order chi connectivity index (χ1) is 6.74. The lowest BCUT2D eigenvalue weighted by molar-refractivity contribution is -0.307. The average molecular weight is 193 g/mol. The monoisotopic (exact) mass is 193 g/mol. The van der Waals surface area contributed by atoms with Crippen LogP contribution in [0.4, 0.5) is 0 Å². The van der Waals surface area contributed by atoms with Gasteiger partial charge in [-0.2, -0.15) is 0 Å². The molecule has 4 nitrogen and oxygen atoms in total. The summed E-state index contributed by atoms with van der Waals surface area (Å²) in [6.07, 6.45) is -1.25. The van der Waals surface area contributed by atoms with Crippen LogP contribution in [0.3, 0.4) is 0 Å². The molecule has 1 aliphatic rings. The first-order valence-electron chi connectivity index (χ1n) is 4.23. The average Bonchev–Trinajstić information content (AvgIpc) is 2.97. The van der Waals surface area contributed by atoms with Gasteiger partial charge in [0.15, 0.2) is 0 Å². The van der Waals surface area contributed by atoms with Crippen LogP contribution in [0.5, 0.6) is 5.75 Å². The molecule has 0 radical (unpaired) electrons. The molecule has 0 amide bonds. The summed E-state index contributed by atoms with van der Waals surface area (Å²) in [5, 5.41) is 10.5. The smallest absolute Gasteiger partial charge is 0.128 e. The van der Waals surface area contributed by atoms with Gasteiger partial charge in [0.25, 0.3) is 0 Å². The third-order valence-corrected chi connectivity index (χ3v) is 2.17. The minimum absolute atomic E-state index is 0.420. The maximum Gasteiger partial charge on any atom is 0.128 e. The lowest BCUT2D eigenvalue weighted by Gasteiger charge is -2.04. The fourth-order valence-electron chi connectivity index (χ4n) is 1.43. The molecule has 0 spiro atoms. The molecule has 1 fully saturated rings. The zero-order valence-electron chi connectivity index (χ0n) is 7.60. The summed E-state index contributed by atoms with van der Waals surface area (Å²) in [7, 11) is 1.54. The van der Waals surface area contributed by atoms with Crippen LogP contribution in [0.2, 0.25) is 0 Å². The second-order valence-corrected chi connectivity index (χ2v) is 3.04. The van der Waals surface area contributed by atoms with Crippen LogP contribution in [0.25, 0.3) is 0 Å². The van der Waals surface area contributed by atoms with Gasteiger partial charge in [-0.1, -0.05) is 18.2 Å². The van der Waals surface area contributed by atoms with Crippen molar-refractivity contribution < 1.29 is 19.4 Å². The summed E-state index contributed by atoms with van der Waals surface area (Å²) in [6.45, 7) is 0. The molecular formula is C10H9O4-. The first-order valence-corrected chi connectivity index (χ1v) is 4.23. The van der Waals surface area contributed by atoms with Gasteiger partial charge in [-0.3, -0.25) is 0 Å². The van der Waals surface area contributed by atoms with Gasteiger partial charge in [-0.05, 0) is 6.07 Å². The van der Waals surface area contributed by atoms with Crippen molar-refractivity contribution in [3.8, 4) is 5.75 Å². The molecule has 4 heteroatoms. The number of para-hydroxylation sites is 1. The van der Waals surface area contributed by atoms with Crippen molar-refractivity contribution >= 4 is 5.97 Å². The van der Waals surface area contributed by atoms with E-state index in [4.69, 9.17) is 9.47 Å². The van der Waals surface area contributed by atoms with Gasteiger partial charge in [0.2, 0.25) is 0 Å². The SMILES string of the molecule is COc1ccccc1C1OC1C(=O)[O-]. The number of methoxy groups -OCH3 is 1. The minimum Gasteiger partial charge on any atom is -0.547 e. The van der Waals surface area contributed by atoms with Gasteiger partial charge >= 0.3 is 0 Å². The highest BCUT2D eigenvalue weighted by Crippen LogP contribution is 2.42. The van der Waals surface area contributed by atoms with E-state index in [0.29, 0.717) is 5.75 Å². The molecule has 2 rings (SSSR count). The van der Waals surface area contributed by atoms with Crippen molar-refractivity contribution in [1.82, 2.24) is 0 Å². The second kappa shape index (κ2) is 3.31. The third-order valence-electron chi connectivity index (χ3n) is 2.17. The molecule has 1 aromatic carbocycles. The Kier molecular flexibility index (Phi) is 2.13. The van der Waals surface area contributed by atoms with Crippen molar-refractivity contribution in [2.75, 3.05) is 7.11 Å². The van der Waals surface area contributed by atoms with E-state index in [1.54, 1.807) is 12.1 Å². The number of carboxylic acid groups (broad SMARTS) is 1. The molecule has 0 aromatic heterocycles. The van der Waals surface area contributed by atoms with E-state index in [9.17, 15) is 9.90 Å². The van der Waals surface area contributed by atoms with E-state index in [2.05, 4.69) is 0 Å². The van der Waals surface area contributed by atoms with E-state index in [1.807, 2.05) is 12.1 Å². The largest absolute Gasteiger partial charge is 0.547 e. The summed E-state index contributed by atoms with van der Waals surface area (Å²) in [5.74, 6) is -0.540. The highest BCUT2D eigenvalue weighted by atomic mass is 16.6. The van der Waals surface area contributed by atoms with Crippen LogP contribution in [-0.4, -0.2) is 19.2 Å². The maximum absolute atomic E-state index is 10.5. The normalized spacial score (nSPS) is 24.4. The van der Waals surface area contributed by atoms with Gasteiger partial charge < -0.3 is 19.4 Å². The number of carbonyl (C=O) groups is 1. The number of epoxide rings is 1. The molecule has 1 aromatic rings. The molecule has 2 atom stereocenters. The number of aliphatic carboxylic acids is 1. The number of carboxylic acids is 1. The summed E-state index contributed by atoms with van der Waals surface area (Å²) in [6, 6.07) is 7.18. The van der Waals surface area contributed by atoms with Crippen molar-refractivity contribution in [2.24, 2.45) is 0 Å². The van der Waals surface area contributed by atoms with E-state index < -0.39 is 18.2 Å². The van der Waals surface area contributed by atoms with E-state index in [1.165, 1.54) is 7.11 Å². The van der Waals surface area contributed by atoms with Crippen molar-refractivity contribution in [3.05, 3.63) is 29.8 Å². The Morgan fingerprint density at radius 1 is 1.50 bits per heavy atom. The zero-order chi connectivity index (χ0) is 10.1. The fraction of sp³-hybridized carbons (Fsp3) is 0.300. The van der Waals surface area contributed by atoms with Gasteiger partial charge in [0.1, 0.15) is 18.0 Å². The number of hydrogen-bond donors (Lipinski definition) is 0. The van der Waals surface area contributed by atoms with E-state index in [0.717, 1.165) is 5.56 Å². The Balaban J connectivity index is 2.22. The standard InChI is InChI=1S/C10H10O4/c1-13-7-5-3-2-4-6(7)8-9(14-8)10(11)12/h2-5,8-9H,1H3,(H,11,12)/p-1. The molecule has 1 saturated heterocycles. The quantitative estimate of drug-likeness (QED) is 0.628. The number of benzene rings is 1. The topological polar surface area (TPSA) is 61.9 Å². The fourth-order valence-corrected chi connectivity index (χ4v) is 1.43. The van der Waals surface area contributed by atoms with Gasteiger partial charge in [0.05, 0.1) is 13.1 Å². The summed E-state index contributed by atoms with van der Waals surface area (Å²) < 4.78 is 10.0. The minimum atomic E-state index is -1.18. The summed E-state index contributed by atoms with van der Waals surface area (Å²) in [5.41, 5.74) is 0.754. The van der Waals surface area contributed by atoms with E-state index >= 15 is 0 Å². The molecule has 0 saturated carbocycles. The Morgan fingerprint density at radius 3 is 2.79 bits per heavy atom. The molecule has 0 bridgehead atoms. The van der Waals surface area contributed by atoms with Crippen molar-refractivity contribution in [3.63, 3.8) is 0 Å². The number of ether oxygens (including phenoxy) is 2. The number of hydrogen-bond acceptors (Lipinski definition) is 4. The van der Waals surface area contributed by atoms with E-state index in [-0.39, 0.29) is 0 Å². The maximum atomic E-state index is 10.5. The van der Waals surface area contributed by atoms with Gasteiger partial charge in [-0.15, -0.1) is 0 Å². The Morgan fingerprint density at radius 2 is 2.21 bits per heavy atom. The predicted molar refractivity (Wildman–Crippen MR) is 45.6 cm³/mol. The van der Waals surface area contributed by atoms with Crippen LogP contribution in [0.1, 0.15) is 11.7 Å². The third kappa shape index (κ3) is 1.44. The molecule has 2 unspecified atom stereocenters. The van der Waals surface area contributed by atoms with Crippen molar-refractivity contribution in [1.29, 1.82) is 0 Å². The molecule has 74 valence electrons. The Bertz CT molecular complexity index is 361. The number of rotatable bonds is 3. The summed E-state index contributed by atoms with van der Waals surface area (Å²) in [4.78, 5) is 10.5. The molecule has 0 aliphatic carbocycles. The molecule has 0 N–H and O–H groups in total. The van der Waals surface area contributed by atoms with Gasteiger partial charge in [0, 0.05) is 5.56 Å². The lowest BCUT2D eigenvalue weighted by atomic mass is 10.1. The molecular weight excluding hydrogens is 184 g/mol. The van der Waals surface area contributed by atoms with Crippen LogP contribution >= 0.6 is 0 Å². The van der Waals surface area contributed by atoms with Gasteiger partial charge in [-0.25, -0.2) is 0 Å². The first kappa shape index (κ1) is 9.02. The molecule has 14 heavy (non-hydrogen) atoms. The zero-order valence-corrected chi connectivity index (χ0v) is 7.60. The molecule has 1 heterocycles. The highest BCUT2D eigenvalue weighted by molar-refractivity contribution is 5.74. The lowest BCUT2D eigenvalue weighted by Crippen LogP contribution is -2.28. The highest BCUT2D eigenvalue weighted by Gasteiger charge is 2.42. The van der Waals surface area contributed by atoms with Crippen LogP contribution in [0, 0.1) is 0 Å². The van der Waals surface area contributed by atoms with Crippen molar-refractivity contribution in [2.45, 2.75) is 12.2 Å².